The van der Waals surface area contributed by atoms with Crippen molar-refractivity contribution >= 4 is 17.8 Å². The standard InChI is InChI=1S/C14H26N2O5/c1-9(2)6-10(8-15)7-12(17)16-11(14(20)21)4-3-5-13(18)19/h9-11H,3-8,15H2,1-2H3,(H,16,17)(H,18,19)(H,20,21)/t10?,11-/m1/s1. The second-order valence-corrected chi connectivity index (χ2v) is 5.68. The third-order valence-corrected chi connectivity index (χ3v) is 3.13. The first-order chi connectivity index (χ1) is 9.76. The van der Waals surface area contributed by atoms with Crippen molar-refractivity contribution in [3.05, 3.63) is 0 Å². The fourth-order valence-electron chi connectivity index (χ4n) is 2.16. The Kier molecular flexibility index (Phi) is 9.36. The molecule has 5 N–H and O–H groups in total. The van der Waals surface area contributed by atoms with Gasteiger partial charge in [0, 0.05) is 12.8 Å². The Morgan fingerprint density at radius 3 is 2.24 bits per heavy atom. The van der Waals surface area contributed by atoms with Gasteiger partial charge >= 0.3 is 11.9 Å². The number of nitrogens with one attached hydrogen (secondary N) is 1. The van der Waals surface area contributed by atoms with Gasteiger partial charge in [-0.3, -0.25) is 9.59 Å². The Morgan fingerprint density at radius 2 is 1.81 bits per heavy atom. The molecule has 7 heteroatoms. The van der Waals surface area contributed by atoms with Gasteiger partial charge in [0.05, 0.1) is 0 Å². The van der Waals surface area contributed by atoms with Gasteiger partial charge in [0.1, 0.15) is 6.04 Å². The van der Waals surface area contributed by atoms with Crippen molar-refractivity contribution < 1.29 is 24.6 Å². The van der Waals surface area contributed by atoms with E-state index in [4.69, 9.17) is 15.9 Å². The maximum Gasteiger partial charge on any atom is 0.326 e. The minimum atomic E-state index is -1.15. The first kappa shape index (κ1) is 19.4. The van der Waals surface area contributed by atoms with Crippen LogP contribution < -0.4 is 11.1 Å². The van der Waals surface area contributed by atoms with E-state index in [1.54, 1.807) is 0 Å². The van der Waals surface area contributed by atoms with Crippen LogP contribution in [0.1, 0.15) is 46.0 Å². The summed E-state index contributed by atoms with van der Waals surface area (Å²) in [7, 11) is 0. The monoisotopic (exact) mass is 302 g/mol. The number of carboxylic acid groups (broad SMARTS) is 2. The molecule has 122 valence electrons. The van der Waals surface area contributed by atoms with Crippen LogP contribution in [0, 0.1) is 11.8 Å². The van der Waals surface area contributed by atoms with Crippen LogP contribution in [0.4, 0.5) is 0 Å². The van der Waals surface area contributed by atoms with Crippen molar-refractivity contribution in [1.29, 1.82) is 0 Å². The van der Waals surface area contributed by atoms with Crippen LogP contribution >= 0.6 is 0 Å². The lowest BCUT2D eigenvalue weighted by atomic mass is 9.94. The number of nitrogens with two attached hydrogens (primary N) is 1. The van der Waals surface area contributed by atoms with E-state index in [9.17, 15) is 14.4 Å². The number of hydrogen-bond acceptors (Lipinski definition) is 4. The van der Waals surface area contributed by atoms with Gasteiger partial charge in [0.15, 0.2) is 0 Å². The molecule has 1 amide bonds. The highest BCUT2D eigenvalue weighted by atomic mass is 16.4. The Morgan fingerprint density at radius 1 is 1.19 bits per heavy atom. The summed E-state index contributed by atoms with van der Waals surface area (Å²) in [5.74, 6) is -2.04. The maximum atomic E-state index is 11.9. The molecule has 0 spiro atoms. The minimum Gasteiger partial charge on any atom is -0.481 e. The lowest BCUT2D eigenvalue weighted by Gasteiger charge is -2.19. The number of carbonyl (C=O) groups excluding carboxylic acids is 1. The Hall–Kier alpha value is -1.63. The highest BCUT2D eigenvalue weighted by Gasteiger charge is 2.22. The number of hydrogen-bond donors (Lipinski definition) is 4. The lowest BCUT2D eigenvalue weighted by molar-refractivity contribution is -0.142. The van der Waals surface area contributed by atoms with E-state index in [-0.39, 0.29) is 37.5 Å². The van der Waals surface area contributed by atoms with Crippen molar-refractivity contribution in [2.24, 2.45) is 17.6 Å². The first-order valence-corrected chi connectivity index (χ1v) is 7.20. The Labute approximate surface area is 124 Å². The SMILES string of the molecule is CC(C)CC(CN)CC(=O)N[C@H](CCCC(=O)O)C(=O)O. The van der Waals surface area contributed by atoms with E-state index in [0.717, 1.165) is 6.42 Å². The average molecular weight is 302 g/mol. The minimum absolute atomic E-state index is 0.0264. The van der Waals surface area contributed by atoms with Gasteiger partial charge in [-0.1, -0.05) is 13.8 Å². The number of carboxylic acids is 2. The molecule has 0 radical (unpaired) electrons. The molecule has 0 aromatic heterocycles. The summed E-state index contributed by atoms with van der Waals surface area (Å²) in [4.78, 5) is 33.3. The molecular formula is C14H26N2O5. The van der Waals surface area contributed by atoms with Crippen LogP contribution in [0.25, 0.3) is 0 Å². The second kappa shape index (κ2) is 10.1. The van der Waals surface area contributed by atoms with E-state index in [0.29, 0.717) is 12.5 Å². The van der Waals surface area contributed by atoms with Crippen LogP contribution in [0.5, 0.6) is 0 Å². The molecule has 0 aliphatic rings. The van der Waals surface area contributed by atoms with Crippen molar-refractivity contribution in [3.63, 3.8) is 0 Å². The van der Waals surface area contributed by atoms with Crippen LogP contribution in [-0.4, -0.2) is 40.6 Å². The molecule has 0 bridgehead atoms. The fraction of sp³-hybridized carbons (Fsp3) is 0.786. The molecular weight excluding hydrogens is 276 g/mol. The summed E-state index contributed by atoms with van der Waals surface area (Å²) in [5, 5.41) is 20.0. The summed E-state index contributed by atoms with van der Waals surface area (Å²) in [6.45, 7) is 4.45. The molecule has 0 aromatic carbocycles. The Balaban J connectivity index is 4.33. The molecule has 0 aromatic rings. The molecule has 0 fully saturated rings. The molecule has 0 rings (SSSR count). The van der Waals surface area contributed by atoms with Gasteiger partial charge in [0.25, 0.3) is 0 Å². The largest absolute Gasteiger partial charge is 0.481 e. The van der Waals surface area contributed by atoms with E-state index in [1.165, 1.54) is 0 Å². The van der Waals surface area contributed by atoms with Gasteiger partial charge in [0.2, 0.25) is 5.91 Å². The molecule has 2 atom stereocenters. The summed E-state index contributed by atoms with van der Waals surface area (Å²) in [6.07, 6.45) is 1.19. The van der Waals surface area contributed by atoms with Crippen LogP contribution in [0.3, 0.4) is 0 Å². The topological polar surface area (TPSA) is 130 Å². The number of carbonyl (C=O) groups is 3. The lowest BCUT2D eigenvalue weighted by Crippen LogP contribution is -2.42. The Bertz CT molecular complexity index is 357. The third kappa shape index (κ3) is 9.84. The highest BCUT2D eigenvalue weighted by Crippen LogP contribution is 2.14. The van der Waals surface area contributed by atoms with E-state index in [2.05, 4.69) is 5.32 Å². The first-order valence-electron chi connectivity index (χ1n) is 7.20. The maximum absolute atomic E-state index is 11.9. The van der Waals surface area contributed by atoms with Crippen LogP contribution in [0.15, 0.2) is 0 Å². The van der Waals surface area contributed by atoms with Gasteiger partial charge in [-0.25, -0.2) is 4.79 Å². The van der Waals surface area contributed by atoms with Crippen molar-refractivity contribution in [2.45, 2.75) is 52.0 Å². The molecule has 0 saturated carbocycles. The van der Waals surface area contributed by atoms with Gasteiger partial charge < -0.3 is 21.3 Å². The molecule has 0 aliphatic carbocycles. The zero-order chi connectivity index (χ0) is 16.4. The molecule has 0 heterocycles. The number of aliphatic carboxylic acids is 2. The van der Waals surface area contributed by atoms with Crippen molar-refractivity contribution in [3.8, 4) is 0 Å². The summed E-state index contributed by atoms with van der Waals surface area (Å²) in [6, 6.07) is -1.05. The normalized spacial score (nSPS) is 13.7. The number of rotatable bonds is 11. The summed E-state index contributed by atoms with van der Waals surface area (Å²) in [5.41, 5.74) is 5.61. The van der Waals surface area contributed by atoms with Gasteiger partial charge in [-0.15, -0.1) is 0 Å². The average Bonchev–Trinajstić information content (AvgIpc) is 2.35. The molecule has 0 aliphatic heterocycles. The molecule has 1 unspecified atom stereocenters. The van der Waals surface area contributed by atoms with E-state index in [1.807, 2.05) is 13.8 Å². The second-order valence-electron chi connectivity index (χ2n) is 5.68. The van der Waals surface area contributed by atoms with Crippen molar-refractivity contribution in [2.75, 3.05) is 6.54 Å². The molecule has 21 heavy (non-hydrogen) atoms. The predicted molar refractivity (Wildman–Crippen MR) is 77.7 cm³/mol. The zero-order valence-corrected chi connectivity index (χ0v) is 12.7. The smallest absolute Gasteiger partial charge is 0.326 e. The van der Waals surface area contributed by atoms with Crippen LogP contribution in [-0.2, 0) is 14.4 Å². The predicted octanol–water partition coefficient (Wildman–Crippen LogP) is 0.822. The van der Waals surface area contributed by atoms with Gasteiger partial charge in [-0.2, -0.15) is 0 Å². The van der Waals surface area contributed by atoms with E-state index < -0.39 is 18.0 Å². The molecule has 0 saturated heterocycles. The quantitative estimate of drug-likeness (QED) is 0.447. The molecule has 7 nitrogen and oxygen atoms in total. The van der Waals surface area contributed by atoms with E-state index >= 15 is 0 Å². The van der Waals surface area contributed by atoms with Gasteiger partial charge in [-0.05, 0) is 37.6 Å². The summed E-state index contributed by atoms with van der Waals surface area (Å²) < 4.78 is 0. The highest BCUT2D eigenvalue weighted by molar-refractivity contribution is 5.83. The third-order valence-electron chi connectivity index (χ3n) is 3.13. The van der Waals surface area contributed by atoms with Crippen molar-refractivity contribution in [1.82, 2.24) is 5.32 Å². The summed E-state index contributed by atoms with van der Waals surface area (Å²) >= 11 is 0. The zero-order valence-electron chi connectivity index (χ0n) is 12.7. The van der Waals surface area contributed by atoms with Crippen LogP contribution in [0.2, 0.25) is 0 Å². The fourth-order valence-corrected chi connectivity index (χ4v) is 2.16. The number of amides is 1.